The van der Waals surface area contributed by atoms with E-state index < -0.39 is 8.32 Å². The zero-order chi connectivity index (χ0) is 15.0. The van der Waals surface area contributed by atoms with Gasteiger partial charge in [-0.05, 0) is 35.3 Å². The zero-order valence-electron chi connectivity index (χ0n) is 13.1. The van der Waals surface area contributed by atoms with Gasteiger partial charge in [0.15, 0.2) is 8.32 Å². The lowest BCUT2D eigenvalue weighted by molar-refractivity contribution is 0.00841. The second-order valence-corrected chi connectivity index (χ2v) is 12.4. The number of halogens is 1. The Morgan fingerprint density at radius 3 is 2.40 bits per heavy atom. The molecular formula is C16H25ClO2Si. The van der Waals surface area contributed by atoms with Crippen molar-refractivity contribution < 1.29 is 9.16 Å². The van der Waals surface area contributed by atoms with E-state index in [0.717, 1.165) is 23.8 Å². The minimum Gasteiger partial charge on any atom is -0.413 e. The third-order valence-corrected chi connectivity index (χ3v) is 9.41. The first-order chi connectivity index (χ1) is 9.21. The van der Waals surface area contributed by atoms with E-state index in [1.807, 2.05) is 0 Å². The van der Waals surface area contributed by atoms with Gasteiger partial charge in [0.05, 0.1) is 19.8 Å². The number of rotatable bonds is 4. The highest BCUT2D eigenvalue weighted by atomic mass is 35.5. The maximum Gasteiger partial charge on any atom is 0.192 e. The summed E-state index contributed by atoms with van der Waals surface area (Å²) in [4.78, 5) is 0. The van der Waals surface area contributed by atoms with E-state index in [9.17, 15) is 0 Å². The molecule has 2 nitrogen and oxygen atoms in total. The van der Waals surface area contributed by atoms with Crippen LogP contribution in [0, 0.1) is 0 Å². The average molecular weight is 313 g/mol. The highest BCUT2D eigenvalue weighted by Gasteiger charge is 2.37. The summed E-state index contributed by atoms with van der Waals surface area (Å²) in [6.45, 7) is 13.5. The largest absolute Gasteiger partial charge is 0.413 e. The van der Waals surface area contributed by atoms with Crippen LogP contribution in [0.1, 0.15) is 37.8 Å². The van der Waals surface area contributed by atoms with Crippen molar-refractivity contribution in [1.82, 2.24) is 0 Å². The van der Waals surface area contributed by atoms with E-state index >= 15 is 0 Å². The van der Waals surface area contributed by atoms with E-state index in [1.165, 1.54) is 5.56 Å². The van der Waals surface area contributed by atoms with E-state index in [0.29, 0.717) is 12.5 Å². The number of ether oxygens (including phenoxy) is 1. The molecule has 0 saturated carbocycles. The molecule has 1 heterocycles. The Bertz CT molecular complexity index is 476. The SMILES string of the molecule is CC(C)(C)[Si](C)(C)OCc1ccc(C2COC2)cc1Cl. The molecule has 0 bridgehead atoms. The minimum atomic E-state index is -1.72. The van der Waals surface area contributed by atoms with E-state index in [1.54, 1.807) is 0 Å². The molecule has 4 heteroatoms. The molecule has 0 atom stereocenters. The van der Waals surface area contributed by atoms with Crippen molar-refractivity contribution in [2.45, 2.75) is 51.4 Å². The Hall–Kier alpha value is -0.353. The summed E-state index contributed by atoms with van der Waals surface area (Å²) in [5.41, 5.74) is 2.36. The average Bonchev–Trinajstić information content (AvgIpc) is 2.24. The van der Waals surface area contributed by atoms with Crippen LogP contribution in [0.3, 0.4) is 0 Å². The predicted molar refractivity (Wildman–Crippen MR) is 87.0 cm³/mol. The first-order valence-electron chi connectivity index (χ1n) is 7.21. The van der Waals surface area contributed by atoms with Crippen molar-refractivity contribution in [2.75, 3.05) is 13.2 Å². The first kappa shape index (κ1) is 16.0. The minimum absolute atomic E-state index is 0.225. The zero-order valence-corrected chi connectivity index (χ0v) is 14.9. The second-order valence-electron chi connectivity index (χ2n) is 7.13. The van der Waals surface area contributed by atoms with Crippen molar-refractivity contribution >= 4 is 19.9 Å². The van der Waals surface area contributed by atoms with Crippen molar-refractivity contribution in [3.8, 4) is 0 Å². The molecule has 0 radical (unpaired) electrons. The molecule has 0 aromatic heterocycles. The lowest BCUT2D eigenvalue weighted by Gasteiger charge is -2.36. The normalized spacial score (nSPS) is 17.1. The smallest absolute Gasteiger partial charge is 0.192 e. The van der Waals surface area contributed by atoms with Gasteiger partial charge in [0.2, 0.25) is 0 Å². The highest BCUT2D eigenvalue weighted by Crippen LogP contribution is 2.37. The monoisotopic (exact) mass is 312 g/mol. The van der Waals surface area contributed by atoms with Gasteiger partial charge in [-0.3, -0.25) is 0 Å². The standard InChI is InChI=1S/C16H25ClO2Si/c1-16(2,3)20(4,5)19-11-13-7-6-12(8-15(13)17)14-9-18-10-14/h6-8,14H,9-11H2,1-5H3. The van der Waals surface area contributed by atoms with Crippen molar-refractivity contribution in [3.05, 3.63) is 34.3 Å². The summed E-state index contributed by atoms with van der Waals surface area (Å²) in [5.74, 6) is 0.517. The molecule has 2 rings (SSSR count). The Kier molecular flexibility index (Phi) is 4.65. The molecule has 1 aliphatic heterocycles. The fourth-order valence-electron chi connectivity index (χ4n) is 1.84. The lowest BCUT2D eigenvalue weighted by Crippen LogP contribution is -2.40. The van der Waals surface area contributed by atoms with E-state index in [2.05, 4.69) is 52.1 Å². The van der Waals surface area contributed by atoms with Gasteiger partial charge in [0, 0.05) is 10.9 Å². The molecule has 0 N–H and O–H groups in total. The summed E-state index contributed by atoms with van der Waals surface area (Å²) in [6, 6.07) is 6.33. The summed E-state index contributed by atoms with van der Waals surface area (Å²) in [6.07, 6.45) is 0. The quantitative estimate of drug-likeness (QED) is 0.730. The molecule has 112 valence electrons. The van der Waals surface area contributed by atoms with Crippen molar-refractivity contribution in [1.29, 1.82) is 0 Å². The third kappa shape index (κ3) is 3.45. The maximum atomic E-state index is 6.39. The van der Waals surface area contributed by atoms with Crippen LogP contribution in [-0.4, -0.2) is 21.5 Å². The third-order valence-electron chi connectivity index (χ3n) is 4.58. The Morgan fingerprint density at radius 2 is 1.95 bits per heavy atom. The number of benzene rings is 1. The van der Waals surface area contributed by atoms with Gasteiger partial charge in [-0.2, -0.15) is 0 Å². The predicted octanol–water partition coefficient (Wildman–Crippen LogP) is 4.98. The molecule has 0 amide bonds. The van der Waals surface area contributed by atoms with Crippen LogP contribution in [0.25, 0.3) is 0 Å². The topological polar surface area (TPSA) is 18.5 Å². The van der Waals surface area contributed by atoms with Crippen LogP contribution in [0.5, 0.6) is 0 Å². The molecule has 1 fully saturated rings. The summed E-state index contributed by atoms with van der Waals surface area (Å²) in [7, 11) is -1.72. The van der Waals surface area contributed by atoms with Gasteiger partial charge in [-0.1, -0.05) is 44.5 Å². The highest BCUT2D eigenvalue weighted by molar-refractivity contribution is 6.74. The van der Waals surface area contributed by atoms with Crippen LogP contribution in [0.15, 0.2) is 18.2 Å². The summed E-state index contributed by atoms with van der Waals surface area (Å²) < 4.78 is 11.5. The number of hydrogen-bond donors (Lipinski definition) is 0. The molecule has 1 aromatic carbocycles. The molecule has 0 unspecified atom stereocenters. The number of hydrogen-bond acceptors (Lipinski definition) is 2. The van der Waals surface area contributed by atoms with Crippen LogP contribution in [-0.2, 0) is 15.8 Å². The molecule has 1 aromatic rings. The van der Waals surface area contributed by atoms with Crippen LogP contribution >= 0.6 is 11.6 Å². The first-order valence-corrected chi connectivity index (χ1v) is 10.5. The second kappa shape index (κ2) is 5.80. The molecule has 0 spiro atoms. The summed E-state index contributed by atoms with van der Waals surface area (Å²) >= 11 is 6.39. The lowest BCUT2D eigenvalue weighted by atomic mass is 9.97. The van der Waals surface area contributed by atoms with Gasteiger partial charge < -0.3 is 9.16 Å². The van der Waals surface area contributed by atoms with Gasteiger partial charge in [0.25, 0.3) is 0 Å². The fraction of sp³-hybridized carbons (Fsp3) is 0.625. The molecule has 1 aliphatic rings. The van der Waals surface area contributed by atoms with Crippen LogP contribution < -0.4 is 0 Å². The van der Waals surface area contributed by atoms with Gasteiger partial charge in [-0.25, -0.2) is 0 Å². The maximum absolute atomic E-state index is 6.39. The Morgan fingerprint density at radius 1 is 1.30 bits per heavy atom. The fourth-order valence-corrected chi connectivity index (χ4v) is 3.03. The summed E-state index contributed by atoms with van der Waals surface area (Å²) in [5, 5.41) is 1.04. The van der Waals surface area contributed by atoms with E-state index in [-0.39, 0.29) is 5.04 Å². The Labute approximate surface area is 128 Å². The van der Waals surface area contributed by atoms with E-state index in [4.69, 9.17) is 20.8 Å². The van der Waals surface area contributed by atoms with Gasteiger partial charge in [0.1, 0.15) is 0 Å². The molecule has 20 heavy (non-hydrogen) atoms. The van der Waals surface area contributed by atoms with Crippen LogP contribution in [0.2, 0.25) is 23.2 Å². The van der Waals surface area contributed by atoms with Gasteiger partial charge >= 0.3 is 0 Å². The Balaban J connectivity index is 2.03. The van der Waals surface area contributed by atoms with Crippen molar-refractivity contribution in [2.24, 2.45) is 0 Å². The van der Waals surface area contributed by atoms with Crippen LogP contribution in [0.4, 0.5) is 0 Å². The van der Waals surface area contributed by atoms with Crippen molar-refractivity contribution in [3.63, 3.8) is 0 Å². The molecule has 1 saturated heterocycles. The molecule has 0 aliphatic carbocycles. The van der Waals surface area contributed by atoms with Gasteiger partial charge in [-0.15, -0.1) is 0 Å². The molecular weight excluding hydrogens is 288 g/mol.